The maximum atomic E-state index is 12.5. The van der Waals surface area contributed by atoms with Gasteiger partial charge in [-0.3, -0.25) is 4.79 Å². The summed E-state index contributed by atoms with van der Waals surface area (Å²) in [7, 11) is 0. The number of hydrogen-bond donors (Lipinski definition) is 0. The molecule has 0 unspecified atom stereocenters. The van der Waals surface area contributed by atoms with E-state index in [-0.39, 0.29) is 12.5 Å². The lowest BCUT2D eigenvalue weighted by molar-refractivity contribution is -0.117. The minimum atomic E-state index is -0.209. The molecular formula is C17H18N4O. The van der Waals surface area contributed by atoms with Crippen molar-refractivity contribution in [3.8, 4) is 0 Å². The third kappa shape index (κ3) is 3.65. The van der Waals surface area contributed by atoms with Gasteiger partial charge < -0.3 is 4.90 Å². The Bertz CT molecular complexity index is 686. The van der Waals surface area contributed by atoms with Gasteiger partial charge in [0.05, 0.1) is 6.54 Å². The number of rotatable bonds is 5. The summed E-state index contributed by atoms with van der Waals surface area (Å²) in [6.45, 7) is 4.21. The molecular weight excluding hydrogens is 276 g/mol. The summed E-state index contributed by atoms with van der Waals surface area (Å²) in [5.74, 6) is -0.209. The summed E-state index contributed by atoms with van der Waals surface area (Å²) in [5.41, 5.74) is 12.4. The van der Waals surface area contributed by atoms with Crippen molar-refractivity contribution in [2.45, 2.75) is 20.4 Å². The Hall–Kier alpha value is -2.78. The van der Waals surface area contributed by atoms with Crippen LogP contribution in [-0.2, 0) is 11.3 Å². The van der Waals surface area contributed by atoms with Crippen molar-refractivity contribution < 1.29 is 4.79 Å². The van der Waals surface area contributed by atoms with Crippen LogP contribution in [0.2, 0.25) is 0 Å². The molecule has 1 amide bonds. The highest BCUT2D eigenvalue weighted by molar-refractivity contribution is 5.96. The van der Waals surface area contributed by atoms with Crippen LogP contribution in [-0.4, -0.2) is 12.5 Å². The second-order valence-electron chi connectivity index (χ2n) is 5.09. The second-order valence-corrected chi connectivity index (χ2v) is 5.09. The molecule has 0 aliphatic carbocycles. The fourth-order valence-electron chi connectivity index (χ4n) is 2.47. The average Bonchev–Trinajstić information content (AvgIpc) is 2.52. The van der Waals surface area contributed by atoms with Gasteiger partial charge in [0.2, 0.25) is 5.91 Å². The van der Waals surface area contributed by atoms with Crippen LogP contribution in [0, 0.1) is 13.8 Å². The zero-order chi connectivity index (χ0) is 15.9. The molecule has 2 aromatic carbocycles. The Morgan fingerprint density at radius 2 is 1.73 bits per heavy atom. The van der Waals surface area contributed by atoms with E-state index in [4.69, 9.17) is 5.53 Å². The predicted molar refractivity (Wildman–Crippen MR) is 87.6 cm³/mol. The van der Waals surface area contributed by atoms with E-state index < -0.39 is 0 Å². The van der Waals surface area contributed by atoms with Gasteiger partial charge >= 0.3 is 0 Å². The molecule has 22 heavy (non-hydrogen) atoms. The van der Waals surface area contributed by atoms with Gasteiger partial charge in [0.25, 0.3) is 0 Å². The van der Waals surface area contributed by atoms with E-state index in [9.17, 15) is 4.79 Å². The van der Waals surface area contributed by atoms with Crippen molar-refractivity contribution in [1.82, 2.24) is 0 Å². The van der Waals surface area contributed by atoms with Crippen LogP contribution in [0.15, 0.2) is 53.6 Å². The van der Waals surface area contributed by atoms with Gasteiger partial charge in [-0.1, -0.05) is 53.6 Å². The fourth-order valence-corrected chi connectivity index (χ4v) is 2.47. The quantitative estimate of drug-likeness (QED) is 0.464. The normalized spacial score (nSPS) is 9.91. The number of nitrogens with zero attached hydrogens (tertiary/aromatic N) is 4. The highest BCUT2D eigenvalue weighted by Crippen LogP contribution is 2.26. The van der Waals surface area contributed by atoms with Crippen LogP contribution in [0.4, 0.5) is 5.69 Å². The summed E-state index contributed by atoms with van der Waals surface area (Å²) in [4.78, 5) is 16.8. The molecule has 0 saturated heterocycles. The predicted octanol–water partition coefficient (Wildman–Crippen LogP) is 4.15. The van der Waals surface area contributed by atoms with E-state index >= 15 is 0 Å². The van der Waals surface area contributed by atoms with Crippen molar-refractivity contribution in [2.24, 2.45) is 5.11 Å². The number of carbonyl (C=O) groups excluding carboxylic acids is 1. The maximum absolute atomic E-state index is 12.5. The Morgan fingerprint density at radius 3 is 2.32 bits per heavy atom. The minimum Gasteiger partial charge on any atom is -0.307 e. The molecule has 2 rings (SSSR count). The molecule has 0 atom stereocenters. The van der Waals surface area contributed by atoms with E-state index in [0.717, 1.165) is 22.4 Å². The molecule has 0 N–H and O–H groups in total. The summed E-state index contributed by atoms with van der Waals surface area (Å²) in [6, 6.07) is 15.7. The standard InChI is InChI=1S/C17H18N4O/c1-13-7-6-8-14(2)17(13)21(16(22)11-19-20-18)12-15-9-4-3-5-10-15/h3-10H,11-12H2,1-2H3. The average molecular weight is 294 g/mol. The Balaban J connectivity index is 2.41. The minimum absolute atomic E-state index is 0.183. The third-order valence-corrected chi connectivity index (χ3v) is 3.46. The van der Waals surface area contributed by atoms with Crippen LogP contribution in [0.3, 0.4) is 0 Å². The van der Waals surface area contributed by atoms with Crippen molar-refractivity contribution in [2.75, 3.05) is 11.4 Å². The highest BCUT2D eigenvalue weighted by atomic mass is 16.2. The fraction of sp³-hybridized carbons (Fsp3) is 0.235. The van der Waals surface area contributed by atoms with E-state index in [1.807, 2.05) is 62.4 Å². The van der Waals surface area contributed by atoms with Crippen LogP contribution in [0.1, 0.15) is 16.7 Å². The van der Waals surface area contributed by atoms with Gasteiger partial charge in [0, 0.05) is 10.6 Å². The first-order chi connectivity index (χ1) is 10.6. The number of benzene rings is 2. The molecule has 0 bridgehead atoms. The summed E-state index contributed by atoms with van der Waals surface area (Å²) >= 11 is 0. The lowest BCUT2D eigenvalue weighted by Gasteiger charge is -2.26. The molecule has 0 aliphatic rings. The molecule has 0 aliphatic heterocycles. The lowest BCUT2D eigenvalue weighted by Crippen LogP contribution is -2.33. The van der Waals surface area contributed by atoms with Gasteiger partial charge in [-0.15, -0.1) is 0 Å². The van der Waals surface area contributed by atoms with E-state index in [1.54, 1.807) is 4.90 Å². The summed E-state index contributed by atoms with van der Waals surface area (Å²) in [6.07, 6.45) is 0. The Labute approximate surface area is 129 Å². The van der Waals surface area contributed by atoms with Crippen molar-refractivity contribution in [3.05, 3.63) is 75.7 Å². The zero-order valence-corrected chi connectivity index (χ0v) is 12.7. The highest BCUT2D eigenvalue weighted by Gasteiger charge is 2.19. The molecule has 5 nitrogen and oxygen atoms in total. The monoisotopic (exact) mass is 294 g/mol. The van der Waals surface area contributed by atoms with Crippen LogP contribution >= 0.6 is 0 Å². The molecule has 0 radical (unpaired) electrons. The van der Waals surface area contributed by atoms with Gasteiger partial charge in [0.15, 0.2) is 0 Å². The number of azide groups is 1. The smallest absolute Gasteiger partial charge is 0.233 e. The van der Waals surface area contributed by atoms with Crippen LogP contribution in [0.25, 0.3) is 10.4 Å². The number of amides is 1. The van der Waals surface area contributed by atoms with E-state index in [1.165, 1.54) is 0 Å². The van der Waals surface area contributed by atoms with Gasteiger partial charge in [0.1, 0.15) is 6.54 Å². The summed E-state index contributed by atoms with van der Waals surface area (Å²) < 4.78 is 0. The molecule has 0 heterocycles. The van der Waals surface area contributed by atoms with Crippen LogP contribution < -0.4 is 4.90 Å². The summed E-state index contributed by atoms with van der Waals surface area (Å²) in [5, 5.41) is 3.41. The van der Waals surface area contributed by atoms with Crippen LogP contribution in [0.5, 0.6) is 0 Å². The van der Waals surface area contributed by atoms with Gasteiger partial charge in [-0.2, -0.15) is 0 Å². The lowest BCUT2D eigenvalue weighted by atomic mass is 10.1. The SMILES string of the molecule is Cc1cccc(C)c1N(Cc1ccccc1)C(=O)CN=[N+]=[N-]. The van der Waals surface area contributed by atoms with Gasteiger partial charge in [-0.25, -0.2) is 0 Å². The number of hydrogen-bond acceptors (Lipinski definition) is 2. The number of carbonyl (C=O) groups is 1. The Morgan fingerprint density at radius 1 is 1.09 bits per heavy atom. The molecule has 2 aromatic rings. The number of para-hydroxylation sites is 1. The van der Waals surface area contributed by atoms with Crippen molar-refractivity contribution >= 4 is 11.6 Å². The second kappa shape index (κ2) is 7.29. The first-order valence-corrected chi connectivity index (χ1v) is 7.05. The van der Waals surface area contributed by atoms with E-state index in [2.05, 4.69) is 10.0 Å². The number of aryl methyl sites for hydroxylation is 2. The maximum Gasteiger partial charge on any atom is 0.233 e. The molecule has 0 spiro atoms. The molecule has 0 fully saturated rings. The van der Waals surface area contributed by atoms with Gasteiger partial charge in [-0.05, 0) is 36.1 Å². The third-order valence-electron chi connectivity index (χ3n) is 3.46. The first kappa shape index (κ1) is 15.6. The van der Waals surface area contributed by atoms with Crippen molar-refractivity contribution in [1.29, 1.82) is 0 Å². The van der Waals surface area contributed by atoms with Crippen molar-refractivity contribution in [3.63, 3.8) is 0 Å². The molecule has 0 aromatic heterocycles. The molecule has 0 saturated carbocycles. The molecule has 112 valence electrons. The largest absolute Gasteiger partial charge is 0.307 e. The topological polar surface area (TPSA) is 69.1 Å². The molecule has 5 heteroatoms. The first-order valence-electron chi connectivity index (χ1n) is 7.05. The van der Waals surface area contributed by atoms with E-state index in [0.29, 0.717) is 6.54 Å². The Kier molecular flexibility index (Phi) is 5.17. The number of anilines is 1. The zero-order valence-electron chi connectivity index (χ0n) is 12.7.